The lowest BCUT2D eigenvalue weighted by Crippen LogP contribution is -2.45. The third kappa shape index (κ3) is 3.41. The van der Waals surface area contributed by atoms with Gasteiger partial charge in [-0.05, 0) is 40.9 Å². The van der Waals surface area contributed by atoms with E-state index in [2.05, 4.69) is 41.1 Å². The van der Waals surface area contributed by atoms with Crippen LogP contribution in [0.25, 0.3) is 0 Å². The monoisotopic (exact) mass is 361 g/mol. The third-order valence-corrected chi connectivity index (χ3v) is 4.28. The van der Waals surface area contributed by atoms with Crippen molar-refractivity contribution >= 4 is 27.7 Å². The second-order valence-electron chi connectivity index (χ2n) is 5.13. The minimum Gasteiger partial charge on any atom is -0.356 e. The van der Waals surface area contributed by atoms with Gasteiger partial charge in [-0.15, -0.1) is 0 Å². The molecule has 2 aromatic heterocycles. The van der Waals surface area contributed by atoms with E-state index >= 15 is 0 Å². The van der Waals surface area contributed by atoms with Gasteiger partial charge in [0.15, 0.2) is 0 Å². The van der Waals surface area contributed by atoms with Crippen LogP contribution in [0.15, 0.2) is 41.4 Å². The maximum Gasteiger partial charge on any atom is 0.271 e. The first-order chi connectivity index (χ1) is 10.7. The molecule has 1 saturated heterocycles. The van der Waals surface area contributed by atoms with Crippen LogP contribution in [0.5, 0.6) is 0 Å². The molecule has 22 heavy (non-hydrogen) atoms. The van der Waals surface area contributed by atoms with Crippen molar-refractivity contribution in [1.82, 2.24) is 20.3 Å². The summed E-state index contributed by atoms with van der Waals surface area (Å²) in [6.07, 6.45) is 8.12. The normalized spacial score (nSPS) is 15.6. The van der Waals surface area contributed by atoms with E-state index < -0.39 is 0 Å². The maximum absolute atomic E-state index is 12.1. The van der Waals surface area contributed by atoms with Gasteiger partial charge in [-0.2, -0.15) is 0 Å². The highest BCUT2D eigenvalue weighted by Gasteiger charge is 2.23. The molecule has 0 atom stereocenters. The van der Waals surface area contributed by atoms with Crippen molar-refractivity contribution in [2.75, 3.05) is 18.0 Å². The van der Waals surface area contributed by atoms with Crippen LogP contribution in [0.1, 0.15) is 23.3 Å². The van der Waals surface area contributed by atoms with Crippen LogP contribution in [0.4, 0.5) is 5.82 Å². The molecule has 0 saturated carbocycles. The van der Waals surface area contributed by atoms with Crippen molar-refractivity contribution in [1.29, 1.82) is 0 Å². The highest BCUT2D eigenvalue weighted by molar-refractivity contribution is 9.10. The lowest BCUT2D eigenvalue weighted by Gasteiger charge is -2.33. The third-order valence-electron chi connectivity index (χ3n) is 3.66. The van der Waals surface area contributed by atoms with Crippen molar-refractivity contribution in [3.63, 3.8) is 0 Å². The zero-order chi connectivity index (χ0) is 15.4. The summed E-state index contributed by atoms with van der Waals surface area (Å²) < 4.78 is 0.997. The van der Waals surface area contributed by atoms with E-state index in [1.165, 1.54) is 12.4 Å². The van der Waals surface area contributed by atoms with Crippen LogP contribution in [0, 0.1) is 0 Å². The van der Waals surface area contributed by atoms with Gasteiger partial charge in [-0.3, -0.25) is 9.78 Å². The highest BCUT2D eigenvalue weighted by Crippen LogP contribution is 2.25. The summed E-state index contributed by atoms with van der Waals surface area (Å²) >= 11 is 3.53. The van der Waals surface area contributed by atoms with E-state index in [9.17, 15) is 4.79 Å². The molecule has 2 aromatic rings. The fourth-order valence-corrected chi connectivity index (χ4v) is 3.03. The molecule has 0 aliphatic carbocycles. The Morgan fingerprint density at radius 3 is 2.73 bits per heavy atom. The molecule has 1 amide bonds. The van der Waals surface area contributed by atoms with Gasteiger partial charge < -0.3 is 10.2 Å². The predicted molar refractivity (Wildman–Crippen MR) is 86.7 cm³/mol. The summed E-state index contributed by atoms with van der Waals surface area (Å²) in [4.78, 5) is 26.6. The number of piperidine rings is 1. The second kappa shape index (κ2) is 6.83. The van der Waals surface area contributed by atoms with Gasteiger partial charge in [-0.1, -0.05) is 0 Å². The van der Waals surface area contributed by atoms with Crippen LogP contribution in [-0.4, -0.2) is 40.0 Å². The molecular formula is C15H16BrN5O. The van der Waals surface area contributed by atoms with Crippen LogP contribution < -0.4 is 10.2 Å². The Hall–Kier alpha value is -2.02. The van der Waals surface area contributed by atoms with E-state index in [0.29, 0.717) is 5.69 Å². The fraction of sp³-hybridized carbons (Fsp3) is 0.333. The summed E-state index contributed by atoms with van der Waals surface area (Å²) in [5.74, 6) is 0.798. The molecule has 1 aliphatic rings. The Labute approximate surface area is 137 Å². The Kier molecular flexibility index (Phi) is 4.62. The zero-order valence-corrected chi connectivity index (χ0v) is 13.5. The minimum atomic E-state index is -0.162. The summed E-state index contributed by atoms with van der Waals surface area (Å²) in [7, 11) is 0. The van der Waals surface area contributed by atoms with Crippen molar-refractivity contribution < 1.29 is 4.79 Å². The number of hydrogen-bond acceptors (Lipinski definition) is 5. The number of nitrogens with zero attached hydrogens (tertiary/aromatic N) is 4. The zero-order valence-electron chi connectivity index (χ0n) is 11.9. The number of aromatic nitrogens is 3. The smallest absolute Gasteiger partial charge is 0.271 e. The van der Waals surface area contributed by atoms with Gasteiger partial charge in [0.1, 0.15) is 11.5 Å². The molecule has 0 spiro atoms. The van der Waals surface area contributed by atoms with Gasteiger partial charge in [0.05, 0.1) is 10.7 Å². The van der Waals surface area contributed by atoms with Crippen molar-refractivity contribution in [3.05, 3.63) is 47.1 Å². The first kappa shape index (κ1) is 14.9. The number of carbonyl (C=O) groups excluding carboxylic acids is 1. The van der Waals surface area contributed by atoms with Crippen molar-refractivity contribution in [3.8, 4) is 0 Å². The van der Waals surface area contributed by atoms with Gasteiger partial charge in [-0.25, -0.2) is 9.97 Å². The van der Waals surface area contributed by atoms with Crippen LogP contribution >= 0.6 is 15.9 Å². The van der Waals surface area contributed by atoms with E-state index in [1.54, 1.807) is 12.4 Å². The molecule has 3 rings (SSSR count). The van der Waals surface area contributed by atoms with E-state index in [0.717, 1.165) is 36.2 Å². The number of hydrogen-bond donors (Lipinski definition) is 1. The minimum absolute atomic E-state index is 0.160. The number of rotatable bonds is 3. The molecule has 1 aliphatic heterocycles. The Bertz CT molecular complexity index is 643. The van der Waals surface area contributed by atoms with Crippen LogP contribution in [-0.2, 0) is 0 Å². The number of amides is 1. The number of nitrogens with one attached hydrogen (secondary N) is 1. The number of anilines is 1. The Morgan fingerprint density at radius 2 is 2.05 bits per heavy atom. The molecule has 0 radical (unpaired) electrons. The Morgan fingerprint density at radius 1 is 1.23 bits per heavy atom. The van der Waals surface area contributed by atoms with Crippen molar-refractivity contribution in [2.45, 2.75) is 18.9 Å². The molecule has 0 aromatic carbocycles. The molecule has 3 heterocycles. The number of pyridine rings is 1. The molecule has 0 unspecified atom stereocenters. The summed E-state index contributed by atoms with van der Waals surface area (Å²) in [6.45, 7) is 1.72. The van der Waals surface area contributed by atoms with E-state index in [1.807, 2.05) is 12.1 Å². The fourth-order valence-electron chi connectivity index (χ4n) is 2.52. The summed E-state index contributed by atoms with van der Waals surface area (Å²) in [5, 5.41) is 3.02. The molecule has 7 heteroatoms. The van der Waals surface area contributed by atoms with Crippen molar-refractivity contribution in [2.24, 2.45) is 0 Å². The average molecular weight is 362 g/mol. The molecular weight excluding hydrogens is 346 g/mol. The highest BCUT2D eigenvalue weighted by atomic mass is 79.9. The first-order valence-corrected chi connectivity index (χ1v) is 7.95. The van der Waals surface area contributed by atoms with Crippen LogP contribution in [0.3, 0.4) is 0 Å². The van der Waals surface area contributed by atoms with Gasteiger partial charge >= 0.3 is 0 Å². The van der Waals surface area contributed by atoms with Gasteiger partial charge in [0.25, 0.3) is 5.91 Å². The molecule has 6 nitrogen and oxygen atoms in total. The topological polar surface area (TPSA) is 71.0 Å². The standard InChI is InChI=1S/C15H16BrN5O/c16-12-2-1-5-19-14(12)21-8-3-11(4-9-21)20-15(22)13-10-17-6-7-18-13/h1-2,5-7,10-11H,3-4,8-9H2,(H,20,22). The maximum atomic E-state index is 12.1. The second-order valence-corrected chi connectivity index (χ2v) is 5.99. The lowest BCUT2D eigenvalue weighted by molar-refractivity contribution is 0.0925. The molecule has 114 valence electrons. The number of halogens is 1. The average Bonchev–Trinajstić information content (AvgIpc) is 2.57. The lowest BCUT2D eigenvalue weighted by atomic mass is 10.0. The van der Waals surface area contributed by atoms with E-state index in [-0.39, 0.29) is 11.9 Å². The largest absolute Gasteiger partial charge is 0.356 e. The quantitative estimate of drug-likeness (QED) is 0.905. The molecule has 1 fully saturated rings. The summed E-state index contributed by atoms with van der Waals surface area (Å²) in [6, 6.07) is 4.05. The predicted octanol–water partition coefficient (Wildman–Crippen LogP) is 2.03. The summed E-state index contributed by atoms with van der Waals surface area (Å²) in [5.41, 5.74) is 0.359. The van der Waals surface area contributed by atoms with Crippen LogP contribution in [0.2, 0.25) is 0 Å². The van der Waals surface area contributed by atoms with Gasteiger partial charge in [0, 0.05) is 37.7 Å². The first-order valence-electron chi connectivity index (χ1n) is 7.16. The Balaban J connectivity index is 1.56. The molecule has 0 bridgehead atoms. The SMILES string of the molecule is O=C(NC1CCN(c2ncccc2Br)CC1)c1cnccn1. The van der Waals surface area contributed by atoms with E-state index in [4.69, 9.17) is 0 Å². The molecule has 1 N–H and O–H groups in total. The number of carbonyl (C=O) groups is 1. The van der Waals surface area contributed by atoms with Gasteiger partial charge in [0.2, 0.25) is 0 Å².